The normalized spacial score (nSPS) is 12.2. The molecular formula is C19H25FN3O4PS. The minimum absolute atomic E-state index is 0.0357. The lowest BCUT2D eigenvalue weighted by Gasteiger charge is -2.21. The molecule has 0 spiro atoms. The molecular weight excluding hydrogens is 416 g/mol. The van der Waals surface area contributed by atoms with Crippen LogP contribution in [0.2, 0.25) is 0 Å². The number of hydrogen-bond acceptors (Lipinski definition) is 6. The van der Waals surface area contributed by atoms with Crippen molar-refractivity contribution in [3.05, 3.63) is 41.3 Å². The number of benzene rings is 1. The Balaban J connectivity index is 2.62. The van der Waals surface area contributed by atoms with Crippen LogP contribution in [0.4, 0.5) is 10.3 Å². The summed E-state index contributed by atoms with van der Waals surface area (Å²) in [5, 5.41) is 0. The van der Waals surface area contributed by atoms with Crippen LogP contribution < -0.4 is 4.31 Å². The van der Waals surface area contributed by atoms with E-state index in [2.05, 4.69) is 9.97 Å². The molecule has 1 aromatic carbocycles. The maximum atomic E-state index is 13.3. The molecule has 0 unspecified atom stereocenters. The van der Waals surface area contributed by atoms with Gasteiger partial charge in [-0.15, -0.1) is 0 Å². The van der Waals surface area contributed by atoms with Crippen molar-refractivity contribution in [2.24, 2.45) is 0 Å². The molecule has 0 bridgehead atoms. The molecule has 1 heterocycles. The molecule has 158 valence electrons. The average molecular weight is 441 g/mol. The summed E-state index contributed by atoms with van der Waals surface area (Å²) in [6.45, 7) is 6.71. The zero-order chi connectivity index (χ0) is 22.0. The monoisotopic (exact) mass is 441 g/mol. The lowest BCUT2D eigenvalue weighted by molar-refractivity contribution is 0.112. The molecule has 0 fully saturated rings. The topological polar surface area (TPSA) is 97.3 Å². The van der Waals surface area contributed by atoms with Crippen molar-refractivity contribution in [3.8, 4) is 11.3 Å². The third-order valence-corrected chi connectivity index (χ3v) is 7.65. The summed E-state index contributed by atoms with van der Waals surface area (Å²) in [6, 6.07) is 5.41. The van der Waals surface area contributed by atoms with Crippen LogP contribution in [-0.2, 0) is 14.6 Å². The van der Waals surface area contributed by atoms with E-state index in [0.29, 0.717) is 17.5 Å². The van der Waals surface area contributed by atoms with Crippen molar-refractivity contribution < 1.29 is 22.2 Å². The smallest absolute Gasteiger partial charge is 0.239 e. The van der Waals surface area contributed by atoms with Gasteiger partial charge in [0.15, 0.2) is 6.29 Å². The number of aromatic nitrogens is 2. The minimum atomic E-state index is -3.83. The highest BCUT2D eigenvalue weighted by Crippen LogP contribution is 2.36. The third-order valence-electron chi connectivity index (χ3n) is 4.33. The van der Waals surface area contributed by atoms with Gasteiger partial charge in [0.05, 0.1) is 29.8 Å². The van der Waals surface area contributed by atoms with Crippen LogP contribution in [0.25, 0.3) is 11.3 Å². The first kappa shape index (κ1) is 23.2. The number of carbonyl (C=O) groups excluding carboxylic acids is 1. The second-order valence-corrected chi connectivity index (χ2v) is 13.2. The van der Waals surface area contributed by atoms with Gasteiger partial charge in [0.2, 0.25) is 16.0 Å². The van der Waals surface area contributed by atoms with Gasteiger partial charge in [0.1, 0.15) is 5.82 Å². The van der Waals surface area contributed by atoms with E-state index in [1.807, 2.05) is 13.8 Å². The van der Waals surface area contributed by atoms with Crippen LogP contribution in [0.3, 0.4) is 0 Å². The highest BCUT2D eigenvalue weighted by molar-refractivity contribution is 7.93. The fourth-order valence-corrected chi connectivity index (χ4v) is 5.88. The Morgan fingerprint density at radius 3 is 2.24 bits per heavy atom. The molecule has 0 aliphatic carbocycles. The Bertz CT molecular complexity index is 1050. The highest BCUT2D eigenvalue weighted by atomic mass is 32.2. The first-order valence-corrected chi connectivity index (χ1v) is 13.4. The molecule has 0 aliphatic rings. The minimum Gasteiger partial charge on any atom is -0.324 e. The molecule has 0 radical (unpaired) electrons. The van der Waals surface area contributed by atoms with E-state index in [4.69, 9.17) is 0 Å². The van der Waals surface area contributed by atoms with Crippen LogP contribution in [0.5, 0.6) is 0 Å². The summed E-state index contributed by atoms with van der Waals surface area (Å²) in [7, 11) is -5.03. The predicted octanol–water partition coefficient (Wildman–Crippen LogP) is 3.61. The number of anilines is 1. The fraction of sp³-hybridized carbons (Fsp3) is 0.421. The lowest BCUT2D eigenvalue weighted by atomic mass is 9.99. The average Bonchev–Trinajstić information content (AvgIpc) is 2.64. The summed E-state index contributed by atoms with van der Waals surface area (Å²) < 4.78 is 51.6. The summed E-state index contributed by atoms with van der Waals surface area (Å²) in [5.41, 5.74) is 1.32. The van der Waals surface area contributed by atoms with Crippen LogP contribution in [0.15, 0.2) is 24.3 Å². The summed E-state index contributed by atoms with van der Waals surface area (Å²) in [5.74, 6) is -1.03. The van der Waals surface area contributed by atoms with Gasteiger partial charge in [-0.05, 0) is 43.5 Å². The van der Waals surface area contributed by atoms with Gasteiger partial charge < -0.3 is 4.57 Å². The predicted molar refractivity (Wildman–Crippen MR) is 113 cm³/mol. The Labute approximate surface area is 170 Å². The van der Waals surface area contributed by atoms with E-state index in [1.165, 1.54) is 44.6 Å². The Hall–Kier alpha value is -2.12. The number of rotatable bonds is 8. The van der Waals surface area contributed by atoms with E-state index < -0.39 is 23.0 Å². The third kappa shape index (κ3) is 5.70. The first-order chi connectivity index (χ1) is 13.4. The molecule has 2 rings (SSSR count). The number of carbonyl (C=O) groups is 1. The van der Waals surface area contributed by atoms with Crippen molar-refractivity contribution in [1.82, 2.24) is 9.97 Å². The Morgan fingerprint density at radius 2 is 1.76 bits per heavy atom. The van der Waals surface area contributed by atoms with Crippen molar-refractivity contribution >= 4 is 29.4 Å². The summed E-state index contributed by atoms with van der Waals surface area (Å²) in [6.07, 6.45) is 0.657. The number of nitrogens with zero attached hydrogens (tertiary/aromatic N) is 3. The van der Waals surface area contributed by atoms with Gasteiger partial charge in [-0.2, -0.15) is 0 Å². The van der Waals surface area contributed by atoms with Gasteiger partial charge in [-0.25, -0.2) is 27.1 Å². The Morgan fingerprint density at radius 1 is 1.17 bits per heavy atom. The lowest BCUT2D eigenvalue weighted by Crippen LogP contribution is -2.32. The molecule has 0 saturated carbocycles. The van der Waals surface area contributed by atoms with Gasteiger partial charge >= 0.3 is 0 Å². The molecule has 1 aromatic heterocycles. The maximum absolute atomic E-state index is 13.3. The molecule has 0 aliphatic heterocycles. The van der Waals surface area contributed by atoms with E-state index in [9.17, 15) is 22.2 Å². The molecule has 29 heavy (non-hydrogen) atoms. The quantitative estimate of drug-likeness (QED) is 0.459. The van der Waals surface area contributed by atoms with Crippen LogP contribution in [0.1, 0.15) is 35.8 Å². The van der Waals surface area contributed by atoms with Crippen molar-refractivity contribution in [1.29, 1.82) is 0 Å². The van der Waals surface area contributed by atoms with Gasteiger partial charge in [-0.3, -0.25) is 4.79 Å². The molecule has 10 heteroatoms. The number of hydrogen-bond donors (Lipinski definition) is 0. The number of halogens is 1. The maximum Gasteiger partial charge on any atom is 0.239 e. The van der Waals surface area contributed by atoms with Crippen molar-refractivity contribution in [2.75, 3.05) is 36.6 Å². The zero-order valence-corrected chi connectivity index (χ0v) is 18.8. The zero-order valence-electron chi connectivity index (χ0n) is 17.1. The standard InChI is InChI=1S/C19H25FN3O4PS/c1-13(2)17-16(12-24)18(14-6-8-15(20)9-7-14)22-19(21-17)23(3)29(26,27)11-10-28(4,5)25/h6-9,12-13H,10-11H2,1-5H3. The van der Waals surface area contributed by atoms with E-state index in [-0.39, 0.29) is 35.0 Å². The Kier molecular flexibility index (Phi) is 6.96. The van der Waals surface area contributed by atoms with Gasteiger partial charge in [-0.1, -0.05) is 13.8 Å². The van der Waals surface area contributed by atoms with Crippen molar-refractivity contribution in [2.45, 2.75) is 19.8 Å². The largest absolute Gasteiger partial charge is 0.324 e. The summed E-state index contributed by atoms with van der Waals surface area (Å²) in [4.78, 5) is 20.4. The van der Waals surface area contributed by atoms with E-state index in [1.54, 1.807) is 0 Å². The molecule has 0 atom stereocenters. The van der Waals surface area contributed by atoms with Gasteiger partial charge in [0.25, 0.3) is 0 Å². The molecule has 7 nitrogen and oxygen atoms in total. The van der Waals surface area contributed by atoms with E-state index in [0.717, 1.165) is 4.31 Å². The second-order valence-electron chi connectivity index (χ2n) is 7.53. The number of aldehydes is 1. The fourth-order valence-electron chi connectivity index (χ4n) is 2.60. The van der Waals surface area contributed by atoms with Gasteiger partial charge in [0, 0.05) is 18.8 Å². The molecule has 2 aromatic rings. The molecule has 0 saturated heterocycles. The van der Waals surface area contributed by atoms with Crippen molar-refractivity contribution in [3.63, 3.8) is 0 Å². The summed E-state index contributed by atoms with van der Waals surface area (Å²) >= 11 is 0. The van der Waals surface area contributed by atoms with Crippen LogP contribution in [-0.4, -0.2) is 57.0 Å². The highest BCUT2D eigenvalue weighted by Gasteiger charge is 2.26. The number of sulfonamides is 1. The van der Waals surface area contributed by atoms with Crippen LogP contribution in [0, 0.1) is 5.82 Å². The van der Waals surface area contributed by atoms with Crippen LogP contribution >= 0.6 is 7.14 Å². The first-order valence-electron chi connectivity index (χ1n) is 8.99. The second kappa shape index (κ2) is 8.71. The van der Waals surface area contributed by atoms with E-state index >= 15 is 0 Å². The molecule has 0 N–H and O–H groups in total. The molecule has 0 amide bonds. The SMILES string of the molecule is CC(C)c1nc(N(C)S(=O)(=O)CCP(C)(C)=O)nc(-c2ccc(F)cc2)c1C=O.